The van der Waals surface area contributed by atoms with E-state index in [4.69, 9.17) is 33.9 Å². The highest BCUT2D eigenvalue weighted by atomic mass is 35.5. The standard InChI is InChI=1S/C10H12Cl2N2O/c11-9-2-1-7(5-10(9)12)14-4-3-8(6-14)15-13/h1-2,5,8H,3-4,6,13H2. The third-order valence-electron chi connectivity index (χ3n) is 2.61. The minimum Gasteiger partial charge on any atom is -0.369 e. The molecule has 1 saturated heterocycles. The first-order chi connectivity index (χ1) is 7.20. The molecule has 1 atom stereocenters. The lowest BCUT2D eigenvalue weighted by atomic mass is 10.3. The molecule has 3 nitrogen and oxygen atoms in total. The van der Waals surface area contributed by atoms with E-state index >= 15 is 0 Å². The van der Waals surface area contributed by atoms with Crippen molar-refractivity contribution in [1.29, 1.82) is 0 Å². The number of rotatable bonds is 2. The number of hydrogen-bond acceptors (Lipinski definition) is 3. The van der Waals surface area contributed by atoms with Crippen molar-refractivity contribution in [2.24, 2.45) is 5.90 Å². The third-order valence-corrected chi connectivity index (χ3v) is 3.34. The molecule has 2 rings (SSSR count). The van der Waals surface area contributed by atoms with Gasteiger partial charge in [0.15, 0.2) is 0 Å². The maximum absolute atomic E-state index is 5.95. The number of benzene rings is 1. The highest BCUT2D eigenvalue weighted by Gasteiger charge is 2.23. The predicted molar refractivity (Wildman–Crippen MR) is 62.4 cm³/mol. The molecule has 0 aliphatic carbocycles. The fourth-order valence-electron chi connectivity index (χ4n) is 1.76. The monoisotopic (exact) mass is 246 g/mol. The van der Waals surface area contributed by atoms with E-state index in [1.165, 1.54) is 0 Å². The van der Waals surface area contributed by atoms with Gasteiger partial charge in [-0.05, 0) is 24.6 Å². The van der Waals surface area contributed by atoms with E-state index in [2.05, 4.69) is 4.90 Å². The molecule has 1 aliphatic rings. The van der Waals surface area contributed by atoms with Crippen LogP contribution in [0.3, 0.4) is 0 Å². The molecular weight excluding hydrogens is 235 g/mol. The Morgan fingerprint density at radius 2 is 2.13 bits per heavy atom. The Hall–Kier alpha value is -0.480. The zero-order chi connectivity index (χ0) is 10.8. The smallest absolute Gasteiger partial charge is 0.0978 e. The van der Waals surface area contributed by atoms with Crippen molar-refractivity contribution in [2.75, 3.05) is 18.0 Å². The first-order valence-corrected chi connectivity index (χ1v) is 5.52. The molecule has 0 saturated carbocycles. The van der Waals surface area contributed by atoms with E-state index in [0.29, 0.717) is 10.0 Å². The highest BCUT2D eigenvalue weighted by Crippen LogP contribution is 2.29. The van der Waals surface area contributed by atoms with Gasteiger partial charge in [0.25, 0.3) is 0 Å². The summed E-state index contributed by atoms with van der Waals surface area (Å²) in [5.74, 6) is 5.15. The van der Waals surface area contributed by atoms with E-state index in [-0.39, 0.29) is 6.10 Å². The van der Waals surface area contributed by atoms with Gasteiger partial charge in [-0.25, -0.2) is 5.90 Å². The largest absolute Gasteiger partial charge is 0.369 e. The second-order valence-corrected chi connectivity index (χ2v) is 4.41. The van der Waals surface area contributed by atoms with Crippen LogP contribution in [0.4, 0.5) is 5.69 Å². The molecule has 0 radical (unpaired) electrons. The maximum Gasteiger partial charge on any atom is 0.0978 e. The lowest BCUT2D eigenvalue weighted by molar-refractivity contribution is 0.0690. The molecule has 0 bridgehead atoms. The molecule has 82 valence electrons. The second-order valence-electron chi connectivity index (χ2n) is 3.59. The van der Waals surface area contributed by atoms with Crippen LogP contribution < -0.4 is 10.8 Å². The van der Waals surface area contributed by atoms with Gasteiger partial charge in [0, 0.05) is 18.8 Å². The summed E-state index contributed by atoms with van der Waals surface area (Å²) in [6.45, 7) is 1.73. The zero-order valence-corrected chi connectivity index (χ0v) is 9.63. The van der Waals surface area contributed by atoms with Gasteiger partial charge in [0.1, 0.15) is 0 Å². The minimum absolute atomic E-state index is 0.111. The molecule has 1 aliphatic heterocycles. The predicted octanol–water partition coefficient (Wildman–Crippen LogP) is 2.46. The molecule has 0 spiro atoms. The van der Waals surface area contributed by atoms with Crippen LogP contribution in [0.1, 0.15) is 6.42 Å². The number of nitrogens with zero attached hydrogens (tertiary/aromatic N) is 1. The van der Waals surface area contributed by atoms with Crippen molar-refractivity contribution < 1.29 is 4.84 Å². The van der Waals surface area contributed by atoms with Crippen LogP contribution in [0.2, 0.25) is 10.0 Å². The van der Waals surface area contributed by atoms with E-state index in [1.54, 1.807) is 6.07 Å². The van der Waals surface area contributed by atoms with Gasteiger partial charge in [0.2, 0.25) is 0 Å². The van der Waals surface area contributed by atoms with Crippen molar-refractivity contribution in [3.8, 4) is 0 Å². The molecule has 1 unspecified atom stereocenters. The third kappa shape index (κ3) is 2.37. The Bertz CT molecular complexity index is 359. The Morgan fingerprint density at radius 3 is 2.73 bits per heavy atom. The van der Waals surface area contributed by atoms with Gasteiger partial charge in [-0.1, -0.05) is 23.2 Å². The van der Waals surface area contributed by atoms with Crippen molar-refractivity contribution in [3.63, 3.8) is 0 Å². The molecule has 0 aromatic heterocycles. The average Bonchev–Trinajstić information content (AvgIpc) is 2.70. The lowest BCUT2D eigenvalue weighted by Gasteiger charge is -2.18. The van der Waals surface area contributed by atoms with Crippen LogP contribution in [0.5, 0.6) is 0 Å². The van der Waals surface area contributed by atoms with Crippen molar-refractivity contribution >= 4 is 28.9 Å². The summed E-state index contributed by atoms with van der Waals surface area (Å²) < 4.78 is 0. The Balaban J connectivity index is 2.13. The molecule has 1 aromatic rings. The summed E-state index contributed by atoms with van der Waals surface area (Å²) in [7, 11) is 0. The summed E-state index contributed by atoms with van der Waals surface area (Å²) in [5, 5.41) is 1.15. The molecule has 15 heavy (non-hydrogen) atoms. The summed E-state index contributed by atoms with van der Waals surface area (Å²) in [6.07, 6.45) is 1.05. The van der Waals surface area contributed by atoms with Gasteiger partial charge in [-0.15, -0.1) is 0 Å². The summed E-state index contributed by atoms with van der Waals surface area (Å²) in [4.78, 5) is 7.00. The number of hydrogen-bond donors (Lipinski definition) is 1. The van der Waals surface area contributed by atoms with E-state index in [0.717, 1.165) is 25.2 Å². The van der Waals surface area contributed by atoms with Crippen LogP contribution in [-0.2, 0) is 4.84 Å². The van der Waals surface area contributed by atoms with Crippen LogP contribution in [-0.4, -0.2) is 19.2 Å². The fourth-order valence-corrected chi connectivity index (χ4v) is 2.05. The van der Waals surface area contributed by atoms with Crippen molar-refractivity contribution in [3.05, 3.63) is 28.2 Å². The molecule has 1 fully saturated rings. The van der Waals surface area contributed by atoms with Crippen LogP contribution in [0.25, 0.3) is 0 Å². The van der Waals surface area contributed by atoms with Gasteiger partial charge in [0.05, 0.1) is 16.1 Å². The molecule has 2 N–H and O–H groups in total. The number of halogens is 2. The van der Waals surface area contributed by atoms with Crippen LogP contribution in [0.15, 0.2) is 18.2 Å². The Kier molecular flexibility index (Phi) is 3.36. The summed E-state index contributed by atoms with van der Waals surface area (Å²) >= 11 is 11.8. The number of anilines is 1. The van der Waals surface area contributed by atoms with Crippen LogP contribution >= 0.6 is 23.2 Å². The normalized spacial score (nSPS) is 21.0. The Morgan fingerprint density at radius 1 is 1.33 bits per heavy atom. The van der Waals surface area contributed by atoms with Gasteiger partial charge in [-0.3, -0.25) is 4.84 Å². The highest BCUT2D eigenvalue weighted by molar-refractivity contribution is 6.42. The maximum atomic E-state index is 5.95. The molecule has 1 heterocycles. The first-order valence-electron chi connectivity index (χ1n) is 4.76. The lowest BCUT2D eigenvalue weighted by Crippen LogP contribution is -2.24. The van der Waals surface area contributed by atoms with Crippen LogP contribution in [0, 0.1) is 0 Å². The van der Waals surface area contributed by atoms with Crippen molar-refractivity contribution in [2.45, 2.75) is 12.5 Å². The topological polar surface area (TPSA) is 38.5 Å². The summed E-state index contributed by atoms with van der Waals surface area (Å²) in [6, 6.07) is 5.62. The molecule has 0 amide bonds. The van der Waals surface area contributed by atoms with E-state index in [1.807, 2.05) is 12.1 Å². The average molecular weight is 247 g/mol. The quantitative estimate of drug-likeness (QED) is 0.816. The first kappa shape index (κ1) is 11.0. The minimum atomic E-state index is 0.111. The Labute approximate surface area is 98.7 Å². The zero-order valence-electron chi connectivity index (χ0n) is 8.12. The summed E-state index contributed by atoms with van der Waals surface area (Å²) in [5.41, 5.74) is 1.06. The van der Waals surface area contributed by atoms with Gasteiger partial charge < -0.3 is 4.90 Å². The number of nitrogens with two attached hydrogens (primary N) is 1. The molecule has 1 aromatic carbocycles. The second kappa shape index (κ2) is 4.58. The SMILES string of the molecule is NOC1CCN(c2ccc(Cl)c(Cl)c2)C1. The van der Waals surface area contributed by atoms with E-state index in [9.17, 15) is 0 Å². The fraction of sp³-hybridized carbons (Fsp3) is 0.400. The van der Waals surface area contributed by atoms with Gasteiger partial charge in [-0.2, -0.15) is 0 Å². The van der Waals surface area contributed by atoms with Gasteiger partial charge >= 0.3 is 0 Å². The van der Waals surface area contributed by atoms with E-state index < -0.39 is 0 Å². The molecule has 5 heteroatoms. The van der Waals surface area contributed by atoms with Crippen molar-refractivity contribution in [1.82, 2.24) is 0 Å². The molecular formula is C10H12Cl2N2O.